The van der Waals surface area contributed by atoms with Gasteiger partial charge in [0.05, 0.1) is 16.0 Å². The minimum absolute atomic E-state index is 0.00765. The first-order chi connectivity index (χ1) is 9.41. The molecule has 20 heavy (non-hydrogen) atoms. The number of carbonyl (C=O) groups is 2. The Morgan fingerprint density at radius 3 is 2.75 bits per heavy atom. The number of nitrogens with zero attached hydrogens (tertiary/aromatic N) is 1. The Morgan fingerprint density at radius 1 is 1.40 bits per heavy atom. The van der Waals surface area contributed by atoms with Crippen molar-refractivity contribution in [2.75, 3.05) is 6.54 Å². The molecule has 4 nitrogen and oxygen atoms in total. The molecule has 0 aliphatic carbocycles. The first-order valence-corrected chi connectivity index (χ1v) is 7.25. The Hall–Kier alpha value is -1.43. The summed E-state index contributed by atoms with van der Waals surface area (Å²) in [4.78, 5) is 25.4. The molecular formula is C14H16BrFN2O2. The lowest BCUT2D eigenvalue weighted by atomic mass is 9.92. The first kappa shape index (κ1) is 15.0. The number of primary amides is 1. The maximum Gasteiger partial charge on any atom is 0.255 e. The van der Waals surface area contributed by atoms with Crippen LogP contribution in [0, 0.1) is 11.7 Å². The molecule has 1 fully saturated rings. The molecular weight excluding hydrogens is 327 g/mol. The fourth-order valence-electron chi connectivity index (χ4n) is 2.45. The van der Waals surface area contributed by atoms with Crippen molar-refractivity contribution in [2.24, 2.45) is 11.7 Å². The van der Waals surface area contributed by atoms with Gasteiger partial charge < -0.3 is 10.6 Å². The summed E-state index contributed by atoms with van der Waals surface area (Å²) in [7, 11) is 0. The Labute approximate surface area is 125 Å². The van der Waals surface area contributed by atoms with E-state index in [2.05, 4.69) is 15.9 Å². The topological polar surface area (TPSA) is 63.4 Å². The zero-order chi connectivity index (χ0) is 14.9. The van der Waals surface area contributed by atoms with Crippen molar-refractivity contribution in [1.82, 2.24) is 4.90 Å². The van der Waals surface area contributed by atoms with Gasteiger partial charge in [-0.1, -0.05) is 6.07 Å². The van der Waals surface area contributed by atoms with E-state index in [0.29, 0.717) is 12.8 Å². The normalized spacial score (nSPS) is 22.6. The third kappa shape index (κ3) is 2.85. The molecule has 0 bridgehead atoms. The Balaban J connectivity index is 2.26. The van der Waals surface area contributed by atoms with Crippen molar-refractivity contribution in [3.05, 3.63) is 34.1 Å². The molecule has 6 heteroatoms. The van der Waals surface area contributed by atoms with Gasteiger partial charge in [0.2, 0.25) is 5.91 Å². The van der Waals surface area contributed by atoms with Crippen molar-refractivity contribution in [3.8, 4) is 0 Å². The van der Waals surface area contributed by atoms with E-state index in [1.807, 2.05) is 6.92 Å². The van der Waals surface area contributed by atoms with Crippen molar-refractivity contribution in [3.63, 3.8) is 0 Å². The summed E-state index contributed by atoms with van der Waals surface area (Å²) >= 11 is 3.10. The number of hydrogen-bond donors (Lipinski definition) is 1. The molecule has 108 valence electrons. The highest BCUT2D eigenvalue weighted by Crippen LogP contribution is 2.27. The summed E-state index contributed by atoms with van der Waals surface area (Å²) in [6.07, 6.45) is 1.40. The lowest BCUT2D eigenvalue weighted by Gasteiger charge is -2.37. The van der Waals surface area contributed by atoms with Gasteiger partial charge in [-0.2, -0.15) is 0 Å². The lowest BCUT2D eigenvalue weighted by molar-refractivity contribution is -0.123. The smallest absolute Gasteiger partial charge is 0.255 e. The van der Waals surface area contributed by atoms with Crippen LogP contribution in [-0.2, 0) is 4.79 Å². The largest absolute Gasteiger partial charge is 0.369 e. The standard InChI is InChI=1S/C14H16BrFN2O2/c1-8-5-6-9(13(17)19)7-18(8)14(20)10-3-2-4-11(16)12(10)15/h2-4,8-9H,5-7H2,1H3,(H2,17,19). The quantitative estimate of drug-likeness (QED) is 0.896. The van der Waals surface area contributed by atoms with Crippen LogP contribution in [-0.4, -0.2) is 29.3 Å². The second kappa shape index (κ2) is 5.91. The van der Waals surface area contributed by atoms with Gasteiger partial charge in [0.25, 0.3) is 5.91 Å². The van der Waals surface area contributed by atoms with Crippen molar-refractivity contribution in [2.45, 2.75) is 25.8 Å². The van der Waals surface area contributed by atoms with Crippen LogP contribution in [0.2, 0.25) is 0 Å². The van der Waals surface area contributed by atoms with Crippen LogP contribution in [0.3, 0.4) is 0 Å². The molecule has 2 unspecified atom stereocenters. The van der Waals surface area contributed by atoms with Crippen molar-refractivity contribution in [1.29, 1.82) is 0 Å². The number of hydrogen-bond acceptors (Lipinski definition) is 2. The van der Waals surface area contributed by atoms with Crippen LogP contribution >= 0.6 is 15.9 Å². The van der Waals surface area contributed by atoms with Gasteiger partial charge in [-0.15, -0.1) is 0 Å². The van der Waals surface area contributed by atoms with Gasteiger partial charge in [-0.3, -0.25) is 9.59 Å². The van der Waals surface area contributed by atoms with Crippen molar-refractivity contribution < 1.29 is 14.0 Å². The van der Waals surface area contributed by atoms with E-state index in [9.17, 15) is 14.0 Å². The van der Waals surface area contributed by atoms with Crippen LogP contribution in [0.4, 0.5) is 4.39 Å². The molecule has 0 saturated carbocycles. The number of carbonyl (C=O) groups excluding carboxylic acids is 2. The van der Waals surface area contributed by atoms with E-state index in [4.69, 9.17) is 5.73 Å². The van der Waals surface area contributed by atoms with Gasteiger partial charge in [0, 0.05) is 12.6 Å². The van der Waals surface area contributed by atoms with Gasteiger partial charge >= 0.3 is 0 Å². The van der Waals surface area contributed by atoms with Crippen LogP contribution in [0.5, 0.6) is 0 Å². The van der Waals surface area contributed by atoms with E-state index in [1.165, 1.54) is 12.1 Å². The zero-order valence-electron chi connectivity index (χ0n) is 11.1. The summed E-state index contributed by atoms with van der Waals surface area (Å²) in [5, 5.41) is 0. The lowest BCUT2D eigenvalue weighted by Crippen LogP contribution is -2.48. The zero-order valence-corrected chi connectivity index (χ0v) is 12.7. The maximum absolute atomic E-state index is 13.5. The molecule has 0 aromatic heterocycles. The summed E-state index contributed by atoms with van der Waals surface area (Å²) in [5.74, 6) is -1.49. The van der Waals surface area contributed by atoms with E-state index >= 15 is 0 Å². The molecule has 1 aromatic rings. The number of amides is 2. The van der Waals surface area contributed by atoms with Gasteiger partial charge in [-0.25, -0.2) is 4.39 Å². The molecule has 1 heterocycles. The molecule has 2 N–H and O–H groups in total. The molecule has 1 saturated heterocycles. The summed E-state index contributed by atoms with van der Waals surface area (Å²) in [5.41, 5.74) is 5.59. The highest BCUT2D eigenvalue weighted by atomic mass is 79.9. The average molecular weight is 343 g/mol. The van der Waals surface area contributed by atoms with Gasteiger partial charge in [-0.05, 0) is 47.8 Å². The van der Waals surface area contributed by atoms with Crippen LogP contribution < -0.4 is 5.73 Å². The van der Waals surface area contributed by atoms with Crippen molar-refractivity contribution >= 4 is 27.7 Å². The average Bonchev–Trinajstić information content (AvgIpc) is 2.41. The Morgan fingerprint density at radius 2 is 2.10 bits per heavy atom. The predicted molar refractivity (Wildman–Crippen MR) is 76.5 cm³/mol. The highest BCUT2D eigenvalue weighted by molar-refractivity contribution is 9.10. The molecule has 0 spiro atoms. The third-order valence-corrected chi connectivity index (χ3v) is 4.53. The minimum Gasteiger partial charge on any atom is -0.369 e. The second-order valence-corrected chi connectivity index (χ2v) is 5.88. The van der Waals surface area contributed by atoms with Crippen LogP contribution in [0.15, 0.2) is 22.7 Å². The highest BCUT2D eigenvalue weighted by Gasteiger charge is 2.32. The minimum atomic E-state index is -0.480. The van der Waals surface area contributed by atoms with Crippen LogP contribution in [0.1, 0.15) is 30.1 Å². The van der Waals surface area contributed by atoms with E-state index < -0.39 is 11.7 Å². The van der Waals surface area contributed by atoms with E-state index in [1.54, 1.807) is 11.0 Å². The van der Waals surface area contributed by atoms with Gasteiger partial charge in [0.1, 0.15) is 5.82 Å². The predicted octanol–water partition coefficient (Wildman–Crippen LogP) is 2.31. The number of nitrogens with two attached hydrogens (primary N) is 1. The monoisotopic (exact) mass is 342 g/mol. The molecule has 1 aliphatic heterocycles. The molecule has 2 rings (SSSR count). The number of halogens is 2. The third-order valence-electron chi connectivity index (χ3n) is 3.73. The fourth-order valence-corrected chi connectivity index (χ4v) is 2.88. The van der Waals surface area contributed by atoms with Gasteiger partial charge in [0.15, 0.2) is 0 Å². The molecule has 1 aliphatic rings. The number of likely N-dealkylation sites (tertiary alicyclic amines) is 1. The summed E-state index contributed by atoms with van der Waals surface area (Å²) in [6, 6.07) is 4.35. The molecule has 1 aromatic carbocycles. The molecule has 2 atom stereocenters. The fraction of sp³-hybridized carbons (Fsp3) is 0.429. The Kier molecular flexibility index (Phi) is 4.42. The number of piperidine rings is 1. The summed E-state index contributed by atoms with van der Waals surface area (Å²) in [6.45, 7) is 2.21. The van der Waals surface area contributed by atoms with E-state index in [-0.39, 0.29) is 34.4 Å². The van der Waals surface area contributed by atoms with Crippen LogP contribution in [0.25, 0.3) is 0 Å². The Bertz CT molecular complexity index is 550. The number of rotatable bonds is 2. The second-order valence-electron chi connectivity index (χ2n) is 5.08. The SMILES string of the molecule is CC1CCC(C(N)=O)CN1C(=O)c1cccc(F)c1Br. The molecule has 2 amide bonds. The van der Waals surface area contributed by atoms with E-state index in [0.717, 1.165) is 0 Å². The number of benzene rings is 1. The molecule has 0 radical (unpaired) electrons. The summed E-state index contributed by atoms with van der Waals surface area (Å²) < 4.78 is 13.7. The first-order valence-electron chi connectivity index (χ1n) is 6.46. The maximum atomic E-state index is 13.5.